The number of piperidine rings is 1. The van der Waals surface area contributed by atoms with Crippen molar-refractivity contribution in [2.75, 3.05) is 25.9 Å². The van der Waals surface area contributed by atoms with E-state index in [9.17, 15) is 4.79 Å². The predicted molar refractivity (Wildman–Crippen MR) is 77.8 cm³/mol. The van der Waals surface area contributed by atoms with Crippen LogP contribution in [0, 0.1) is 5.92 Å². The fourth-order valence-electron chi connectivity index (χ4n) is 2.81. The zero-order valence-corrected chi connectivity index (χ0v) is 13.2. The molecule has 3 heterocycles. The van der Waals surface area contributed by atoms with Crippen LogP contribution < -0.4 is 10.6 Å². The second-order valence-electron chi connectivity index (χ2n) is 5.87. The Morgan fingerprint density at radius 3 is 2.78 bits per heavy atom. The smallest absolute Gasteiger partial charge is 0.360 e. The first-order valence-electron chi connectivity index (χ1n) is 7.55. The molecule has 0 amide bonds. The molecule has 10 nitrogen and oxygen atoms in total. The Morgan fingerprint density at radius 2 is 2.17 bits per heavy atom. The van der Waals surface area contributed by atoms with Crippen LogP contribution in [0.25, 0.3) is 5.82 Å². The number of anilines is 1. The third kappa shape index (κ3) is 3.02. The molecule has 0 saturated carbocycles. The molecular formula is C13H20N7O3+. The number of hydrogen-bond acceptors (Lipinski definition) is 8. The van der Waals surface area contributed by atoms with E-state index < -0.39 is 5.97 Å². The lowest BCUT2D eigenvalue weighted by molar-refractivity contribution is -0.920. The highest BCUT2D eigenvalue weighted by molar-refractivity contribution is 5.88. The van der Waals surface area contributed by atoms with Crippen LogP contribution in [0.15, 0.2) is 4.63 Å². The number of nitrogens with two attached hydrogens (primary N) is 1. The van der Waals surface area contributed by atoms with Gasteiger partial charge >= 0.3 is 5.97 Å². The Morgan fingerprint density at radius 1 is 1.43 bits per heavy atom. The van der Waals surface area contributed by atoms with Gasteiger partial charge in [-0.05, 0) is 29.1 Å². The van der Waals surface area contributed by atoms with Gasteiger partial charge in [0.2, 0.25) is 11.6 Å². The van der Waals surface area contributed by atoms with E-state index in [1.807, 2.05) is 0 Å². The van der Waals surface area contributed by atoms with Gasteiger partial charge in [0.1, 0.15) is 12.2 Å². The van der Waals surface area contributed by atoms with Gasteiger partial charge < -0.3 is 15.4 Å². The number of ether oxygens (including phenoxy) is 1. The van der Waals surface area contributed by atoms with Gasteiger partial charge in [-0.2, -0.15) is 4.68 Å². The number of nitrogen functional groups attached to an aromatic ring is 1. The standard InChI is InChI=1S/C13H19N7O3/c1-8-3-5-19(6-4-8)7-9-10(13(21)22-2)15-18-20(9)12-11(14)16-23-17-12/h8H,3-7H2,1-2H3,(H2,14,16)/p+1. The maximum Gasteiger partial charge on any atom is 0.360 e. The molecular weight excluding hydrogens is 302 g/mol. The van der Waals surface area contributed by atoms with Crippen molar-refractivity contribution in [3.8, 4) is 5.82 Å². The highest BCUT2D eigenvalue weighted by Gasteiger charge is 2.29. The summed E-state index contributed by atoms with van der Waals surface area (Å²) >= 11 is 0. The molecule has 23 heavy (non-hydrogen) atoms. The molecule has 2 aromatic heterocycles. The minimum Gasteiger partial charge on any atom is -0.464 e. The van der Waals surface area contributed by atoms with Crippen LogP contribution in [-0.4, -0.2) is 51.5 Å². The Bertz CT molecular complexity index is 688. The SMILES string of the molecule is COC(=O)c1nnn(-c2nonc2N)c1C[NH+]1CCC(C)CC1. The molecule has 0 radical (unpaired) electrons. The summed E-state index contributed by atoms with van der Waals surface area (Å²) in [6.07, 6.45) is 2.30. The predicted octanol–water partition coefficient (Wildman–Crippen LogP) is -1.17. The van der Waals surface area contributed by atoms with E-state index in [1.165, 1.54) is 16.7 Å². The van der Waals surface area contributed by atoms with E-state index in [-0.39, 0.29) is 17.3 Å². The van der Waals surface area contributed by atoms with Gasteiger partial charge in [-0.25, -0.2) is 9.42 Å². The number of nitrogens with one attached hydrogen (secondary N) is 1. The van der Waals surface area contributed by atoms with E-state index in [4.69, 9.17) is 10.5 Å². The van der Waals surface area contributed by atoms with Gasteiger partial charge in [0.15, 0.2) is 5.69 Å². The quantitative estimate of drug-likeness (QED) is 0.675. The highest BCUT2D eigenvalue weighted by Crippen LogP contribution is 2.16. The van der Waals surface area contributed by atoms with Crippen LogP contribution in [0.2, 0.25) is 0 Å². The molecule has 1 fully saturated rings. The molecule has 0 spiro atoms. The van der Waals surface area contributed by atoms with Crippen LogP contribution in [-0.2, 0) is 11.3 Å². The Hall–Kier alpha value is -2.49. The number of aromatic nitrogens is 5. The first-order chi connectivity index (χ1) is 11.1. The summed E-state index contributed by atoms with van der Waals surface area (Å²) in [5.74, 6) is 0.519. The third-order valence-electron chi connectivity index (χ3n) is 4.24. The molecule has 0 atom stereocenters. The summed E-state index contributed by atoms with van der Waals surface area (Å²) in [6, 6.07) is 0. The monoisotopic (exact) mass is 322 g/mol. The van der Waals surface area contributed by atoms with Crippen molar-refractivity contribution in [1.29, 1.82) is 0 Å². The maximum absolute atomic E-state index is 12.0. The lowest BCUT2D eigenvalue weighted by atomic mass is 9.99. The molecule has 1 aliphatic heterocycles. The summed E-state index contributed by atoms with van der Waals surface area (Å²) in [7, 11) is 1.31. The van der Waals surface area contributed by atoms with Gasteiger partial charge in [0.25, 0.3) is 0 Å². The van der Waals surface area contributed by atoms with Crippen molar-refractivity contribution in [2.45, 2.75) is 26.3 Å². The average Bonchev–Trinajstić information content (AvgIpc) is 3.15. The van der Waals surface area contributed by atoms with Crippen molar-refractivity contribution in [3.63, 3.8) is 0 Å². The largest absolute Gasteiger partial charge is 0.464 e. The average molecular weight is 322 g/mol. The number of hydrogen-bond donors (Lipinski definition) is 2. The number of esters is 1. The Labute approximate surface area is 132 Å². The fourth-order valence-corrected chi connectivity index (χ4v) is 2.81. The van der Waals surface area contributed by atoms with Crippen LogP contribution in [0.5, 0.6) is 0 Å². The fraction of sp³-hybridized carbons (Fsp3) is 0.615. The molecule has 124 valence electrons. The highest BCUT2D eigenvalue weighted by atomic mass is 16.6. The number of rotatable bonds is 4. The summed E-state index contributed by atoms with van der Waals surface area (Å²) in [5.41, 5.74) is 6.50. The Kier molecular flexibility index (Phi) is 4.24. The van der Waals surface area contributed by atoms with E-state index >= 15 is 0 Å². The number of carbonyl (C=O) groups is 1. The molecule has 0 aliphatic carbocycles. The number of nitrogens with zero attached hydrogens (tertiary/aromatic N) is 5. The lowest BCUT2D eigenvalue weighted by Gasteiger charge is -2.27. The molecule has 0 aromatic carbocycles. The van der Waals surface area contributed by atoms with E-state index in [0.29, 0.717) is 12.2 Å². The van der Waals surface area contributed by atoms with Crippen LogP contribution >= 0.6 is 0 Å². The molecule has 0 bridgehead atoms. The Balaban J connectivity index is 1.93. The molecule has 1 saturated heterocycles. The molecule has 2 aromatic rings. The molecule has 3 rings (SSSR count). The zero-order chi connectivity index (χ0) is 16.4. The van der Waals surface area contributed by atoms with E-state index in [2.05, 4.69) is 32.2 Å². The minimum atomic E-state index is -0.536. The molecule has 3 N–H and O–H groups in total. The molecule has 0 unspecified atom stereocenters. The van der Waals surface area contributed by atoms with E-state index in [0.717, 1.165) is 31.8 Å². The number of quaternary nitrogens is 1. The normalized spacial score (nSPS) is 21.3. The zero-order valence-electron chi connectivity index (χ0n) is 13.2. The summed E-state index contributed by atoms with van der Waals surface area (Å²) in [5, 5.41) is 15.2. The minimum absolute atomic E-state index is 0.0924. The van der Waals surface area contributed by atoms with Crippen LogP contribution in [0.1, 0.15) is 35.9 Å². The second kappa shape index (κ2) is 6.32. The number of carbonyl (C=O) groups excluding carboxylic acids is 1. The van der Waals surface area contributed by atoms with Crippen molar-refractivity contribution >= 4 is 11.8 Å². The van der Waals surface area contributed by atoms with Crippen LogP contribution in [0.3, 0.4) is 0 Å². The second-order valence-corrected chi connectivity index (χ2v) is 5.87. The van der Waals surface area contributed by atoms with Gasteiger partial charge in [0.05, 0.1) is 20.2 Å². The first-order valence-corrected chi connectivity index (χ1v) is 7.55. The lowest BCUT2D eigenvalue weighted by Crippen LogP contribution is -3.11. The summed E-state index contributed by atoms with van der Waals surface area (Å²) in [4.78, 5) is 13.3. The van der Waals surface area contributed by atoms with Crippen molar-refractivity contribution in [1.82, 2.24) is 25.3 Å². The van der Waals surface area contributed by atoms with Crippen LogP contribution in [0.4, 0.5) is 5.82 Å². The van der Waals surface area contributed by atoms with E-state index in [1.54, 1.807) is 0 Å². The van der Waals surface area contributed by atoms with Gasteiger partial charge in [0, 0.05) is 0 Å². The maximum atomic E-state index is 12.0. The third-order valence-corrected chi connectivity index (χ3v) is 4.24. The molecule has 10 heteroatoms. The summed E-state index contributed by atoms with van der Waals surface area (Å²) < 4.78 is 10.8. The summed E-state index contributed by atoms with van der Waals surface area (Å²) in [6.45, 7) is 4.89. The van der Waals surface area contributed by atoms with Crippen molar-refractivity contribution in [2.24, 2.45) is 5.92 Å². The van der Waals surface area contributed by atoms with Gasteiger partial charge in [-0.15, -0.1) is 5.10 Å². The first kappa shape index (κ1) is 15.4. The van der Waals surface area contributed by atoms with Crippen molar-refractivity contribution < 1.29 is 19.1 Å². The van der Waals surface area contributed by atoms with Gasteiger partial charge in [-0.1, -0.05) is 12.1 Å². The van der Waals surface area contributed by atoms with Crippen molar-refractivity contribution in [3.05, 3.63) is 11.4 Å². The topological polar surface area (TPSA) is 126 Å². The number of likely N-dealkylation sites (tertiary alicyclic amines) is 1. The number of methoxy groups -OCH3 is 1. The molecule has 1 aliphatic rings. The van der Waals surface area contributed by atoms with Gasteiger partial charge in [-0.3, -0.25) is 0 Å².